The average molecular weight is 677 g/mol. The molecule has 13 nitrogen and oxygen atoms in total. The molecular weight excluding hydrogens is 636 g/mol. The molecule has 13 heteroatoms. The zero-order chi connectivity index (χ0) is 34.7. The van der Waals surface area contributed by atoms with Gasteiger partial charge in [-0.05, 0) is 38.1 Å². The summed E-state index contributed by atoms with van der Waals surface area (Å²) in [5.41, 5.74) is 0.763. The molecule has 2 fully saturated rings. The van der Waals surface area contributed by atoms with Gasteiger partial charge in [0.1, 0.15) is 11.5 Å². The van der Waals surface area contributed by atoms with Crippen LogP contribution in [0.15, 0.2) is 54.3 Å². The fraction of sp³-hybridized carbons (Fsp3) is 0.500. The number of hydrogen-bond acceptors (Lipinski definition) is 12. The Labute approximate surface area is 283 Å². The maximum Gasteiger partial charge on any atom is 0.357 e. The van der Waals surface area contributed by atoms with Crippen LogP contribution in [0.2, 0.25) is 0 Å². The van der Waals surface area contributed by atoms with Crippen molar-refractivity contribution in [3.05, 3.63) is 76.6 Å². The molecule has 2 bridgehead atoms. The number of aliphatic hydroxyl groups is 2. The number of nitrogens with one attached hydrogen (secondary N) is 1. The number of ether oxygens (including phenoxy) is 5. The van der Waals surface area contributed by atoms with Crippen LogP contribution >= 0.6 is 0 Å². The predicted molar refractivity (Wildman–Crippen MR) is 170 cm³/mol. The maximum absolute atomic E-state index is 13.9. The lowest BCUT2D eigenvalue weighted by molar-refractivity contribution is -0.176. The number of esters is 3. The van der Waals surface area contributed by atoms with Gasteiger partial charge in [0.05, 0.1) is 30.5 Å². The third kappa shape index (κ3) is 5.49. The van der Waals surface area contributed by atoms with Gasteiger partial charge in [0, 0.05) is 49.5 Å². The molecule has 2 saturated heterocycles. The number of aliphatic hydroxyl groups excluding tert-OH is 1. The van der Waals surface area contributed by atoms with E-state index in [2.05, 4.69) is 10.2 Å². The Morgan fingerprint density at radius 3 is 2.63 bits per heavy atom. The number of likely N-dealkylation sites (N-methyl/N-ethyl adjacent to an activating group) is 1. The Bertz CT molecular complexity index is 1720. The molecule has 3 heterocycles. The van der Waals surface area contributed by atoms with Gasteiger partial charge in [-0.3, -0.25) is 9.59 Å². The van der Waals surface area contributed by atoms with Crippen molar-refractivity contribution in [2.45, 2.75) is 93.7 Å². The summed E-state index contributed by atoms with van der Waals surface area (Å²) < 4.78 is 28.8. The third-order valence-corrected chi connectivity index (χ3v) is 10.5. The van der Waals surface area contributed by atoms with E-state index in [4.69, 9.17) is 23.7 Å². The van der Waals surface area contributed by atoms with Crippen LogP contribution in [0.5, 0.6) is 5.75 Å². The lowest BCUT2D eigenvalue weighted by Crippen LogP contribution is -2.74. The van der Waals surface area contributed by atoms with Crippen molar-refractivity contribution < 1.29 is 53.1 Å². The van der Waals surface area contributed by atoms with Gasteiger partial charge < -0.3 is 44.1 Å². The second kappa shape index (κ2) is 12.2. The van der Waals surface area contributed by atoms with Crippen LogP contribution in [0.4, 0.5) is 0 Å². The molecule has 49 heavy (non-hydrogen) atoms. The highest BCUT2D eigenvalue weighted by Gasteiger charge is 2.72. The molecule has 0 unspecified atom stereocenters. The van der Waals surface area contributed by atoms with Crippen molar-refractivity contribution in [1.29, 1.82) is 0 Å². The molecular formula is C36H40N2O11. The van der Waals surface area contributed by atoms with E-state index >= 15 is 0 Å². The summed E-state index contributed by atoms with van der Waals surface area (Å²) in [6, 6.07) is 12.1. The van der Waals surface area contributed by atoms with E-state index in [0.29, 0.717) is 36.3 Å². The van der Waals surface area contributed by atoms with Crippen molar-refractivity contribution in [2.24, 2.45) is 0 Å². The molecule has 0 radical (unpaired) electrons. The molecule has 0 saturated carbocycles. The zero-order valence-electron chi connectivity index (χ0n) is 27.6. The van der Waals surface area contributed by atoms with Crippen molar-refractivity contribution in [2.75, 3.05) is 20.1 Å². The van der Waals surface area contributed by atoms with E-state index in [1.165, 1.54) is 0 Å². The summed E-state index contributed by atoms with van der Waals surface area (Å²) in [5, 5.41) is 25.2. The van der Waals surface area contributed by atoms with Gasteiger partial charge >= 0.3 is 17.9 Å². The van der Waals surface area contributed by atoms with Crippen LogP contribution < -0.4 is 10.1 Å². The number of rotatable bonds is 10. The highest BCUT2D eigenvalue weighted by Crippen LogP contribution is 2.64. The Balaban J connectivity index is 1.07. The lowest BCUT2D eigenvalue weighted by Gasteiger charge is -2.61. The summed E-state index contributed by atoms with van der Waals surface area (Å²) in [5.74, 6) is -3.15. The Hall–Kier alpha value is -4.30. The summed E-state index contributed by atoms with van der Waals surface area (Å²) in [6.45, 7) is 3.47. The van der Waals surface area contributed by atoms with Crippen molar-refractivity contribution in [1.82, 2.24) is 10.2 Å². The smallest absolute Gasteiger partial charge is 0.357 e. The molecule has 1 amide bonds. The van der Waals surface area contributed by atoms with Crippen molar-refractivity contribution in [3.8, 4) is 5.75 Å². The number of benzene rings is 2. The molecule has 6 atom stereocenters. The number of likely N-dealkylation sites (tertiary alicyclic amines) is 1. The number of carbonyl (C=O) groups is 4. The van der Waals surface area contributed by atoms with Crippen LogP contribution in [-0.4, -0.2) is 88.7 Å². The van der Waals surface area contributed by atoms with Crippen LogP contribution in [0, 0.1) is 0 Å². The normalized spacial score (nSPS) is 29.5. The van der Waals surface area contributed by atoms with Gasteiger partial charge in [0.25, 0.3) is 0 Å². The number of amides is 1. The third-order valence-electron chi connectivity index (χ3n) is 10.5. The quantitative estimate of drug-likeness (QED) is 0.247. The van der Waals surface area contributed by atoms with Crippen molar-refractivity contribution >= 4 is 23.8 Å². The topological polar surface area (TPSA) is 170 Å². The van der Waals surface area contributed by atoms with E-state index < -0.39 is 58.9 Å². The first-order chi connectivity index (χ1) is 23.4. The molecule has 0 aromatic heterocycles. The monoisotopic (exact) mass is 676 g/mol. The average Bonchev–Trinajstić information content (AvgIpc) is 3.55. The molecule has 260 valence electrons. The van der Waals surface area contributed by atoms with E-state index in [1.807, 2.05) is 19.2 Å². The molecule has 3 N–H and O–H groups in total. The second-order valence-corrected chi connectivity index (χ2v) is 13.8. The number of nitrogens with zero attached hydrogens (tertiary/aromatic N) is 1. The molecule has 1 spiro atoms. The Kier molecular flexibility index (Phi) is 8.29. The van der Waals surface area contributed by atoms with Gasteiger partial charge in [-0.2, -0.15) is 0 Å². The van der Waals surface area contributed by atoms with Crippen molar-refractivity contribution in [3.63, 3.8) is 0 Å². The summed E-state index contributed by atoms with van der Waals surface area (Å²) in [4.78, 5) is 53.5. The van der Waals surface area contributed by atoms with Gasteiger partial charge in [0.15, 0.2) is 12.2 Å². The summed E-state index contributed by atoms with van der Waals surface area (Å²) in [6.07, 6.45) is -0.795. The van der Waals surface area contributed by atoms with Crippen LogP contribution in [-0.2, 0) is 56.6 Å². The summed E-state index contributed by atoms with van der Waals surface area (Å²) >= 11 is 0. The number of cyclic esters (lactones) is 1. The zero-order valence-corrected chi connectivity index (χ0v) is 27.6. The number of carbonyl (C=O) groups excluding carboxylic acids is 4. The first-order valence-corrected chi connectivity index (χ1v) is 16.6. The number of piperidine rings is 1. The lowest BCUT2D eigenvalue weighted by atomic mass is 9.50. The van der Waals surface area contributed by atoms with Gasteiger partial charge in [-0.25, -0.2) is 9.59 Å². The van der Waals surface area contributed by atoms with E-state index in [-0.39, 0.29) is 44.2 Å². The van der Waals surface area contributed by atoms with Gasteiger partial charge in [0.2, 0.25) is 17.8 Å². The molecule has 7 rings (SSSR count). The van der Waals surface area contributed by atoms with Crippen LogP contribution in [0.1, 0.15) is 67.9 Å². The Morgan fingerprint density at radius 2 is 1.92 bits per heavy atom. The number of hydrogen-bond donors (Lipinski definition) is 3. The first kappa shape index (κ1) is 33.2. The van der Waals surface area contributed by atoms with E-state index in [9.17, 15) is 29.4 Å². The second-order valence-electron chi connectivity index (χ2n) is 13.8. The molecule has 2 aliphatic carbocycles. The van der Waals surface area contributed by atoms with Gasteiger partial charge in [-0.1, -0.05) is 42.5 Å². The largest absolute Gasteiger partial charge is 0.481 e. The van der Waals surface area contributed by atoms with Crippen LogP contribution in [0.3, 0.4) is 0 Å². The SMILES string of the molecule is CN1CC[C@]23c4c5ccc(CO)c4O[C@H]2C(OC(=O)[C@H](OC(=O)CCNC(=O)C[C@@H]2OC(C)(C)OC2=O)c2ccccc2)=CC[C@@]3(O)[C@H]1C5. The predicted octanol–water partition coefficient (Wildman–Crippen LogP) is 1.86. The fourth-order valence-electron chi connectivity index (χ4n) is 8.26. The molecule has 2 aromatic carbocycles. The fourth-order valence-corrected chi connectivity index (χ4v) is 8.26. The first-order valence-electron chi connectivity index (χ1n) is 16.6. The molecule has 3 aliphatic heterocycles. The van der Waals surface area contributed by atoms with Crippen LogP contribution in [0.25, 0.3) is 0 Å². The van der Waals surface area contributed by atoms with E-state index in [1.54, 1.807) is 50.3 Å². The maximum atomic E-state index is 13.9. The Morgan fingerprint density at radius 1 is 1.14 bits per heavy atom. The summed E-state index contributed by atoms with van der Waals surface area (Å²) in [7, 11) is 2.00. The standard InChI is InChI=1S/C36H40N2O11/c1-34(2)48-24(32(42)49-34)18-26(40)37-15-12-27(41)46-30(20-7-5-4-6-8-20)33(43)45-23-11-13-36(44)25-17-21-9-10-22(19-39)29-28(21)35(36,31(23)47-29)14-16-38(25)3/h4-11,24-25,30-31,39,44H,12-19H2,1-3H3,(H,37,40)/t24-,25+,30+,31-,35-,36+/m0/s1. The molecule has 5 aliphatic rings. The van der Waals surface area contributed by atoms with Gasteiger partial charge in [-0.15, -0.1) is 0 Å². The highest BCUT2D eigenvalue weighted by molar-refractivity contribution is 5.86. The van der Waals surface area contributed by atoms with E-state index in [0.717, 1.165) is 11.1 Å². The minimum Gasteiger partial charge on any atom is -0.481 e. The minimum atomic E-state index is -1.43. The minimum absolute atomic E-state index is 0.106. The molecule has 2 aromatic rings. The highest BCUT2D eigenvalue weighted by atomic mass is 16.8.